The van der Waals surface area contributed by atoms with Crippen molar-refractivity contribution in [1.82, 2.24) is 5.32 Å². The molecule has 0 aliphatic carbocycles. The Morgan fingerprint density at radius 3 is 2.71 bits per heavy atom. The molecule has 0 amide bonds. The minimum Gasteiger partial charge on any atom is -0.317 e. The topological polar surface area (TPSA) is 29.1 Å². The van der Waals surface area contributed by atoms with Crippen LogP contribution in [-0.2, 0) is 11.2 Å². The van der Waals surface area contributed by atoms with E-state index in [1.165, 1.54) is 11.1 Å². The molecule has 1 aliphatic heterocycles. The summed E-state index contributed by atoms with van der Waals surface area (Å²) in [6.45, 7) is 4.22. The van der Waals surface area contributed by atoms with Crippen LogP contribution in [0.4, 0.5) is 0 Å². The van der Waals surface area contributed by atoms with E-state index >= 15 is 0 Å². The van der Waals surface area contributed by atoms with Gasteiger partial charge in [-0.25, -0.2) is 0 Å². The van der Waals surface area contributed by atoms with Crippen LogP contribution in [0.5, 0.6) is 0 Å². The number of carbonyl (C=O) groups excluding carboxylic acids is 1. The Kier molecular flexibility index (Phi) is 4.32. The lowest BCUT2D eigenvalue weighted by Gasteiger charge is -2.21. The number of benzene rings is 1. The number of ketones is 1. The van der Waals surface area contributed by atoms with E-state index in [1.54, 1.807) is 0 Å². The van der Waals surface area contributed by atoms with Gasteiger partial charge in [-0.05, 0) is 49.9 Å². The van der Waals surface area contributed by atoms with E-state index in [9.17, 15) is 4.79 Å². The maximum Gasteiger partial charge on any atom is 0.137 e. The Bertz CT molecular complexity index is 380. The maximum atomic E-state index is 12.0. The van der Waals surface area contributed by atoms with Crippen LogP contribution in [0.1, 0.15) is 30.4 Å². The average molecular weight is 231 g/mol. The van der Waals surface area contributed by atoms with Gasteiger partial charge in [-0.2, -0.15) is 0 Å². The molecule has 0 spiro atoms. The highest BCUT2D eigenvalue weighted by Crippen LogP contribution is 2.18. The molecular weight excluding hydrogens is 210 g/mol. The molecule has 0 saturated carbocycles. The van der Waals surface area contributed by atoms with Crippen molar-refractivity contribution in [3.8, 4) is 0 Å². The zero-order valence-electron chi connectivity index (χ0n) is 10.5. The summed E-state index contributed by atoms with van der Waals surface area (Å²) in [6.07, 6.45) is 3.67. The van der Waals surface area contributed by atoms with Crippen LogP contribution in [-0.4, -0.2) is 18.9 Å². The van der Waals surface area contributed by atoms with Crippen molar-refractivity contribution in [3.63, 3.8) is 0 Å². The molecular formula is C15H21NO. The Morgan fingerprint density at radius 2 is 2.00 bits per heavy atom. The van der Waals surface area contributed by atoms with Gasteiger partial charge >= 0.3 is 0 Å². The van der Waals surface area contributed by atoms with Gasteiger partial charge < -0.3 is 5.32 Å². The summed E-state index contributed by atoms with van der Waals surface area (Å²) in [4.78, 5) is 12.0. The van der Waals surface area contributed by atoms with Crippen molar-refractivity contribution in [2.75, 3.05) is 13.1 Å². The molecule has 17 heavy (non-hydrogen) atoms. The molecule has 1 fully saturated rings. The Balaban J connectivity index is 1.86. The van der Waals surface area contributed by atoms with Crippen molar-refractivity contribution in [2.45, 2.75) is 32.6 Å². The summed E-state index contributed by atoms with van der Waals surface area (Å²) < 4.78 is 0. The van der Waals surface area contributed by atoms with E-state index in [4.69, 9.17) is 0 Å². The third-order valence-electron chi connectivity index (χ3n) is 3.62. The summed E-state index contributed by atoms with van der Waals surface area (Å²) in [5.74, 6) is 0.999. The quantitative estimate of drug-likeness (QED) is 0.862. The lowest BCUT2D eigenvalue weighted by molar-refractivity contribution is -0.119. The van der Waals surface area contributed by atoms with E-state index in [-0.39, 0.29) is 0 Å². The van der Waals surface area contributed by atoms with E-state index in [1.807, 2.05) is 12.1 Å². The first-order valence-corrected chi connectivity index (χ1v) is 6.52. The van der Waals surface area contributed by atoms with Crippen LogP contribution < -0.4 is 5.32 Å². The van der Waals surface area contributed by atoms with Crippen LogP contribution in [0.2, 0.25) is 0 Å². The number of rotatable bonds is 4. The lowest BCUT2D eigenvalue weighted by Crippen LogP contribution is -2.29. The molecule has 92 valence electrons. The van der Waals surface area contributed by atoms with Crippen molar-refractivity contribution in [3.05, 3.63) is 35.4 Å². The van der Waals surface area contributed by atoms with Gasteiger partial charge in [0.25, 0.3) is 0 Å². The third kappa shape index (κ3) is 3.67. The Labute approximate surface area is 103 Å². The summed E-state index contributed by atoms with van der Waals surface area (Å²) in [5, 5.41) is 3.34. The second kappa shape index (κ2) is 5.97. The average Bonchev–Trinajstić information content (AvgIpc) is 2.33. The highest BCUT2D eigenvalue weighted by atomic mass is 16.1. The number of Topliss-reactive ketones (excluding diaryl/α,β-unsaturated/α-hetero) is 1. The molecule has 1 aromatic rings. The van der Waals surface area contributed by atoms with Crippen LogP contribution in [0.3, 0.4) is 0 Å². The van der Waals surface area contributed by atoms with Gasteiger partial charge in [0.1, 0.15) is 5.78 Å². The smallest absolute Gasteiger partial charge is 0.137 e. The largest absolute Gasteiger partial charge is 0.317 e. The molecule has 0 bridgehead atoms. The second-order valence-corrected chi connectivity index (χ2v) is 5.04. The number of aryl methyl sites for hydroxylation is 1. The normalized spacial score (nSPS) is 17.0. The Morgan fingerprint density at radius 1 is 1.29 bits per heavy atom. The first-order valence-electron chi connectivity index (χ1n) is 6.52. The molecule has 1 aliphatic rings. The van der Waals surface area contributed by atoms with Crippen LogP contribution in [0, 0.1) is 12.8 Å². The first kappa shape index (κ1) is 12.3. The van der Waals surface area contributed by atoms with Crippen molar-refractivity contribution >= 4 is 5.78 Å². The van der Waals surface area contributed by atoms with Crippen molar-refractivity contribution < 1.29 is 4.79 Å². The number of nitrogens with one attached hydrogen (secondary N) is 1. The van der Waals surface area contributed by atoms with E-state index in [0.717, 1.165) is 32.4 Å². The third-order valence-corrected chi connectivity index (χ3v) is 3.62. The van der Waals surface area contributed by atoms with Crippen LogP contribution in [0.25, 0.3) is 0 Å². The first-order chi connectivity index (χ1) is 8.25. The van der Waals surface area contributed by atoms with Crippen LogP contribution >= 0.6 is 0 Å². The fourth-order valence-corrected chi connectivity index (χ4v) is 2.50. The van der Waals surface area contributed by atoms with Gasteiger partial charge in [0.2, 0.25) is 0 Å². The molecule has 1 N–H and O–H groups in total. The standard InChI is InChI=1S/C15H21NO/c1-12-4-2-3-5-14(12)11-15(17)10-13-6-8-16-9-7-13/h2-5,13,16H,6-11H2,1H3. The highest BCUT2D eigenvalue weighted by Gasteiger charge is 2.17. The number of hydrogen-bond acceptors (Lipinski definition) is 2. The molecule has 2 nitrogen and oxygen atoms in total. The SMILES string of the molecule is Cc1ccccc1CC(=O)CC1CCNCC1. The molecule has 0 atom stereocenters. The van der Waals surface area contributed by atoms with Gasteiger partial charge in [-0.15, -0.1) is 0 Å². The predicted molar refractivity (Wildman–Crippen MR) is 70.1 cm³/mol. The summed E-state index contributed by atoms with van der Waals surface area (Å²) in [5.41, 5.74) is 2.41. The molecule has 2 heteroatoms. The molecule has 1 heterocycles. The second-order valence-electron chi connectivity index (χ2n) is 5.04. The van der Waals surface area contributed by atoms with Crippen molar-refractivity contribution in [1.29, 1.82) is 0 Å². The molecule has 0 unspecified atom stereocenters. The Hall–Kier alpha value is -1.15. The van der Waals surface area contributed by atoms with Crippen LogP contribution in [0.15, 0.2) is 24.3 Å². The number of piperidine rings is 1. The molecule has 0 aromatic heterocycles. The number of hydrogen-bond donors (Lipinski definition) is 1. The van der Waals surface area contributed by atoms with Gasteiger partial charge in [-0.1, -0.05) is 24.3 Å². The van der Waals surface area contributed by atoms with E-state index in [2.05, 4.69) is 24.4 Å². The minimum absolute atomic E-state index is 0.395. The summed E-state index contributed by atoms with van der Waals surface area (Å²) >= 11 is 0. The van der Waals surface area contributed by atoms with E-state index in [0.29, 0.717) is 18.1 Å². The van der Waals surface area contributed by atoms with Gasteiger partial charge in [0.05, 0.1) is 0 Å². The number of carbonyl (C=O) groups is 1. The summed E-state index contributed by atoms with van der Waals surface area (Å²) in [6, 6.07) is 8.18. The van der Waals surface area contributed by atoms with Crippen molar-refractivity contribution in [2.24, 2.45) is 5.92 Å². The lowest BCUT2D eigenvalue weighted by atomic mass is 9.90. The van der Waals surface area contributed by atoms with Gasteiger partial charge in [-0.3, -0.25) is 4.79 Å². The van der Waals surface area contributed by atoms with Gasteiger partial charge in [0.15, 0.2) is 0 Å². The molecule has 0 radical (unpaired) electrons. The zero-order valence-corrected chi connectivity index (χ0v) is 10.5. The van der Waals surface area contributed by atoms with Gasteiger partial charge in [0, 0.05) is 12.8 Å². The summed E-state index contributed by atoms with van der Waals surface area (Å²) in [7, 11) is 0. The zero-order chi connectivity index (χ0) is 12.1. The monoisotopic (exact) mass is 231 g/mol. The molecule has 1 aromatic carbocycles. The fourth-order valence-electron chi connectivity index (χ4n) is 2.50. The predicted octanol–water partition coefficient (Wildman–Crippen LogP) is 2.50. The highest BCUT2D eigenvalue weighted by molar-refractivity contribution is 5.81. The minimum atomic E-state index is 0.395. The molecule has 1 saturated heterocycles. The fraction of sp³-hybridized carbons (Fsp3) is 0.533. The molecule has 2 rings (SSSR count). The van der Waals surface area contributed by atoms with E-state index < -0.39 is 0 Å². The maximum absolute atomic E-state index is 12.0.